The zero-order chi connectivity index (χ0) is 17.5. The van der Waals surface area contributed by atoms with Crippen molar-refractivity contribution < 1.29 is 4.79 Å². The summed E-state index contributed by atoms with van der Waals surface area (Å²) < 4.78 is 1.96. The largest absolute Gasteiger partial charge is 0.351 e. The van der Waals surface area contributed by atoms with E-state index in [1.54, 1.807) is 18.5 Å². The predicted octanol–water partition coefficient (Wildman–Crippen LogP) is 2.60. The number of hydrogen-bond donors (Lipinski definition) is 1. The zero-order valence-electron chi connectivity index (χ0n) is 14.3. The minimum atomic E-state index is -0.242. The summed E-state index contributed by atoms with van der Waals surface area (Å²) in [6.07, 6.45) is 5.27. The molecule has 128 valence electrons. The number of amides is 1. The van der Waals surface area contributed by atoms with E-state index in [2.05, 4.69) is 27.1 Å². The second kappa shape index (κ2) is 8.63. The van der Waals surface area contributed by atoms with Crippen molar-refractivity contribution in [1.82, 2.24) is 25.1 Å². The van der Waals surface area contributed by atoms with Crippen LogP contribution in [-0.2, 0) is 17.9 Å². The minimum absolute atomic E-state index is 0.00957. The third-order valence-corrected chi connectivity index (χ3v) is 5.02. The Kier molecular flexibility index (Phi) is 6.54. The molecule has 0 bridgehead atoms. The van der Waals surface area contributed by atoms with Crippen LogP contribution in [0.5, 0.6) is 0 Å². The average molecular weight is 345 g/mol. The van der Waals surface area contributed by atoms with Crippen molar-refractivity contribution in [3.05, 3.63) is 48.6 Å². The fraction of sp³-hybridized carbons (Fsp3) is 0.412. The number of aryl methyl sites for hydroxylation is 1. The van der Waals surface area contributed by atoms with Gasteiger partial charge in [-0.25, -0.2) is 0 Å². The van der Waals surface area contributed by atoms with Gasteiger partial charge < -0.3 is 9.88 Å². The van der Waals surface area contributed by atoms with Gasteiger partial charge in [-0.2, -0.15) is 0 Å². The van der Waals surface area contributed by atoms with Crippen LogP contribution in [0.1, 0.15) is 25.2 Å². The number of rotatable bonds is 8. The predicted molar refractivity (Wildman–Crippen MR) is 95.5 cm³/mol. The first-order chi connectivity index (χ1) is 11.5. The lowest BCUT2D eigenvalue weighted by Gasteiger charge is -2.19. The van der Waals surface area contributed by atoms with Gasteiger partial charge in [0.2, 0.25) is 5.91 Å². The Bertz CT molecular complexity index is 684. The molecule has 2 aromatic heterocycles. The third kappa shape index (κ3) is 4.67. The Hall–Kier alpha value is -2.15. The van der Waals surface area contributed by atoms with Gasteiger partial charge in [0.05, 0.1) is 5.25 Å². The highest BCUT2D eigenvalue weighted by Crippen LogP contribution is 2.27. The van der Waals surface area contributed by atoms with Crippen LogP contribution in [0.4, 0.5) is 0 Å². The van der Waals surface area contributed by atoms with Crippen LogP contribution in [0.2, 0.25) is 0 Å². The lowest BCUT2D eigenvalue weighted by Crippen LogP contribution is -2.35. The maximum Gasteiger partial charge on any atom is 0.234 e. The summed E-state index contributed by atoms with van der Waals surface area (Å²) in [6, 6.07) is 3.80. The smallest absolute Gasteiger partial charge is 0.234 e. The standard InChI is InChI=1S/C17H23N5OS/c1-5-9-22-13(4)20-21-17(22)24-15(12(2)3)16(23)19-11-14-7-6-8-18-10-14/h5-8,10,12,15H,1,9,11H2,2-4H3,(H,19,23)/t15-/m0/s1. The molecule has 0 unspecified atom stereocenters. The number of nitrogens with one attached hydrogen (secondary N) is 1. The summed E-state index contributed by atoms with van der Waals surface area (Å²) in [6.45, 7) is 10.8. The Labute approximate surface area is 146 Å². The number of aromatic nitrogens is 4. The van der Waals surface area contributed by atoms with Crippen LogP contribution < -0.4 is 5.32 Å². The van der Waals surface area contributed by atoms with Crippen molar-refractivity contribution in [3.63, 3.8) is 0 Å². The Balaban J connectivity index is 2.06. The summed E-state index contributed by atoms with van der Waals surface area (Å²) in [4.78, 5) is 16.7. The van der Waals surface area contributed by atoms with Gasteiger partial charge in [0.25, 0.3) is 0 Å². The molecular formula is C17H23N5OS. The van der Waals surface area contributed by atoms with Crippen LogP contribution in [0, 0.1) is 12.8 Å². The van der Waals surface area contributed by atoms with Crippen LogP contribution in [0.25, 0.3) is 0 Å². The van der Waals surface area contributed by atoms with Crippen molar-refractivity contribution >= 4 is 17.7 Å². The summed E-state index contributed by atoms with van der Waals surface area (Å²) >= 11 is 1.44. The number of hydrogen-bond acceptors (Lipinski definition) is 5. The molecule has 24 heavy (non-hydrogen) atoms. The molecule has 2 rings (SSSR count). The molecule has 1 amide bonds. The number of carbonyl (C=O) groups excluding carboxylic acids is 1. The molecule has 0 radical (unpaired) electrons. The second-order valence-corrected chi connectivity index (χ2v) is 6.90. The van der Waals surface area contributed by atoms with E-state index in [9.17, 15) is 4.79 Å². The van der Waals surface area contributed by atoms with E-state index in [-0.39, 0.29) is 17.1 Å². The van der Waals surface area contributed by atoms with Gasteiger partial charge in [-0.3, -0.25) is 9.78 Å². The molecule has 2 heterocycles. The highest BCUT2D eigenvalue weighted by atomic mass is 32.2. The molecule has 0 aliphatic rings. The van der Waals surface area contributed by atoms with E-state index in [4.69, 9.17) is 0 Å². The van der Waals surface area contributed by atoms with Gasteiger partial charge in [0.1, 0.15) is 5.82 Å². The van der Waals surface area contributed by atoms with Crippen molar-refractivity contribution in [1.29, 1.82) is 0 Å². The Morgan fingerprint density at radius 2 is 2.25 bits per heavy atom. The van der Waals surface area contributed by atoms with Crippen molar-refractivity contribution in [2.24, 2.45) is 5.92 Å². The molecule has 0 saturated carbocycles. The average Bonchev–Trinajstić information content (AvgIpc) is 2.92. The Morgan fingerprint density at radius 1 is 1.46 bits per heavy atom. The quantitative estimate of drug-likeness (QED) is 0.588. The van der Waals surface area contributed by atoms with Gasteiger partial charge in [0.15, 0.2) is 5.16 Å². The second-order valence-electron chi connectivity index (χ2n) is 5.79. The maximum atomic E-state index is 12.6. The molecular weight excluding hydrogens is 322 g/mol. The topological polar surface area (TPSA) is 72.7 Å². The molecule has 0 aromatic carbocycles. The molecule has 0 fully saturated rings. The van der Waals surface area contributed by atoms with Crippen molar-refractivity contribution in [2.45, 2.75) is 44.3 Å². The van der Waals surface area contributed by atoms with E-state index in [0.717, 1.165) is 16.5 Å². The van der Waals surface area contributed by atoms with Crippen LogP contribution in [-0.4, -0.2) is 30.9 Å². The van der Waals surface area contributed by atoms with Crippen LogP contribution in [0.3, 0.4) is 0 Å². The van der Waals surface area contributed by atoms with Gasteiger partial charge in [-0.1, -0.05) is 37.8 Å². The number of thioether (sulfide) groups is 1. The highest BCUT2D eigenvalue weighted by molar-refractivity contribution is 8.00. The zero-order valence-corrected chi connectivity index (χ0v) is 15.1. The maximum absolute atomic E-state index is 12.6. The minimum Gasteiger partial charge on any atom is -0.351 e. The molecule has 1 N–H and O–H groups in total. The summed E-state index contributed by atoms with van der Waals surface area (Å²) in [5.74, 6) is 0.971. The third-order valence-electron chi connectivity index (χ3n) is 3.50. The van der Waals surface area contributed by atoms with Gasteiger partial charge in [-0.05, 0) is 24.5 Å². The number of nitrogens with zero attached hydrogens (tertiary/aromatic N) is 4. The monoisotopic (exact) mass is 345 g/mol. The van der Waals surface area contributed by atoms with E-state index in [1.807, 2.05) is 37.5 Å². The normalized spacial score (nSPS) is 12.2. The highest BCUT2D eigenvalue weighted by Gasteiger charge is 2.26. The molecule has 0 aliphatic heterocycles. The summed E-state index contributed by atoms with van der Waals surface area (Å²) in [7, 11) is 0. The van der Waals surface area contributed by atoms with E-state index < -0.39 is 0 Å². The fourth-order valence-electron chi connectivity index (χ4n) is 2.19. The SMILES string of the molecule is C=CCn1c(C)nnc1S[C@H](C(=O)NCc1cccnc1)C(C)C. The lowest BCUT2D eigenvalue weighted by molar-refractivity contribution is -0.121. The Morgan fingerprint density at radius 3 is 2.88 bits per heavy atom. The molecule has 0 aliphatic carbocycles. The van der Waals surface area contributed by atoms with Gasteiger partial charge in [-0.15, -0.1) is 16.8 Å². The van der Waals surface area contributed by atoms with E-state index >= 15 is 0 Å². The molecule has 2 aromatic rings. The number of pyridine rings is 1. The van der Waals surface area contributed by atoms with Crippen LogP contribution >= 0.6 is 11.8 Å². The first-order valence-electron chi connectivity index (χ1n) is 7.87. The summed E-state index contributed by atoms with van der Waals surface area (Å²) in [5, 5.41) is 11.8. The first-order valence-corrected chi connectivity index (χ1v) is 8.74. The van der Waals surface area contributed by atoms with Crippen molar-refractivity contribution in [2.75, 3.05) is 0 Å². The molecule has 0 spiro atoms. The van der Waals surface area contributed by atoms with E-state index in [0.29, 0.717) is 13.1 Å². The molecule has 0 saturated heterocycles. The van der Waals surface area contributed by atoms with Crippen LogP contribution in [0.15, 0.2) is 42.3 Å². The summed E-state index contributed by atoms with van der Waals surface area (Å²) in [5.41, 5.74) is 0.976. The molecule has 1 atom stereocenters. The number of allylic oxidation sites excluding steroid dienone is 1. The molecule has 7 heteroatoms. The fourth-order valence-corrected chi connectivity index (χ4v) is 3.30. The first kappa shape index (κ1) is 18.2. The van der Waals surface area contributed by atoms with Gasteiger partial charge >= 0.3 is 0 Å². The van der Waals surface area contributed by atoms with Gasteiger partial charge in [0, 0.05) is 25.5 Å². The lowest BCUT2D eigenvalue weighted by atomic mass is 10.1. The number of carbonyl (C=O) groups is 1. The van der Waals surface area contributed by atoms with E-state index in [1.165, 1.54) is 11.8 Å². The molecule has 6 nitrogen and oxygen atoms in total. The van der Waals surface area contributed by atoms with Crippen molar-refractivity contribution in [3.8, 4) is 0 Å².